The Balaban J connectivity index is 3.14. The molecule has 0 heterocycles. The summed E-state index contributed by atoms with van der Waals surface area (Å²) in [5, 5.41) is 0. The highest BCUT2D eigenvalue weighted by atomic mass is 14.6. The molecule has 0 fully saturated rings. The Labute approximate surface area is 87.4 Å². The lowest BCUT2D eigenvalue weighted by Crippen LogP contribution is -2.08. The number of hydrogen-bond acceptors (Lipinski definition) is 1. The third kappa shape index (κ3) is 1.77. The molecule has 0 aromatic carbocycles. The van der Waals surface area contributed by atoms with E-state index in [-0.39, 0.29) is 0 Å². The first-order chi connectivity index (χ1) is 6.40. The summed E-state index contributed by atoms with van der Waals surface area (Å²) in [6.45, 7) is 12.7. The van der Waals surface area contributed by atoms with Crippen LogP contribution in [0.1, 0.15) is 34.1 Å². The minimum Gasteiger partial charge on any atom is -0.398 e. The summed E-state index contributed by atoms with van der Waals surface area (Å²) in [5.41, 5.74) is 9.97. The molecular weight excluding hydrogens is 170 g/mol. The van der Waals surface area contributed by atoms with Crippen LogP contribution in [-0.2, 0) is 0 Å². The Hall–Kier alpha value is -0.980. The van der Waals surface area contributed by atoms with Gasteiger partial charge in [-0.25, -0.2) is 0 Å². The van der Waals surface area contributed by atoms with Crippen LogP contribution in [0.4, 0.5) is 0 Å². The fourth-order valence-electron chi connectivity index (χ4n) is 2.47. The zero-order chi connectivity index (χ0) is 10.9. The van der Waals surface area contributed by atoms with E-state index in [1.165, 1.54) is 17.6 Å². The van der Waals surface area contributed by atoms with Gasteiger partial charge in [-0.3, -0.25) is 0 Å². The first kappa shape index (κ1) is 11.1. The summed E-state index contributed by atoms with van der Waals surface area (Å²) in [5.74, 6) is 0.571. The average Bonchev–Trinajstić information content (AvgIpc) is 2.22. The van der Waals surface area contributed by atoms with Crippen molar-refractivity contribution in [3.8, 4) is 0 Å². The summed E-state index contributed by atoms with van der Waals surface area (Å²) in [7, 11) is 0. The lowest BCUT2D eigenvalue weighted by atomic mass is 9.85. The molecule has 1 rings (SSSR count). The van der Waals surface area contributed by atoms with Crippen LogP contribution < -0.4 is 5.73 Å². The summed E-state index contributed by atoms with van der Waals surface area (Å²) >= 11 is 0. The van der Waals surface area contributed by atoms with Gasteiger partial charge in [-0.15, -0.1) is 0 Å². The van der Waals surface area contributed by atoms with Crippen LogP contribution in [0.3, 0.4) is 0 Å². The van der Waals surface area contributed by atoms with Crippen molar-refractivity contribution >= 4 is 0 Å². The van der Waals surface area contributed by atoms with Crippen LogP contribution in [-0.4, -0.2) is 0 Å². The van der Waals surface area contributed by atoms with Crippen molar-refractivity contribution in [2.45, 2.75) is 34.1 Å². The quantitative estimate of drug-likeness (QED) is 0.665. The SMILES string of the molecule is C=C/C=C(/N)C1=C(C)C(C)(C)CC1C. The van der Waals surface area contributed by atoms with Crippen LogP contribution in [0.15, 0.2) is 35.6 Å². The van der Waals surface area contributed by atoms with E-state index in [9.17, 15) is 0 Å². The second kappa shape index (κ2) is 3.64. The lowest BCUT2D eigenvalue weighted by Gasteiger charge is -2.19. The molecule has 1 atom stereocenters. The molecule has 0 radical (unpaired) electrons. The third-order valence-electron chi connectivity index (χ3n) is 3.34. The van der Waals surface area contributed by atoms with E-state index in [2.05, 4.69) is 34.3 Å². The molecule has 0 bridgehead atoms. The summed E-state index contributed by atoms with van der Waals surface area (Å²) in [6, 6.07) is 0. The zero-order valence-electron chi connectivity index (χ0n) is 9.72. The van der Waals surface area contributed by atoms with Gasteiger partial charge < -0.3 is 5.73 Å². The predicted molar refractivity (Wildman–Crippen MR) is 62.7 cm³/mol. The van der Waals surface area contributed by atoms with E-state index in [0.717, 1.165) is 5.70 Å². The van der Waals surface area contributed by atoms with Gasteiger partial charge in [0.2, 0.25) is 0 Å². The minimum atomic E-state index is 0.300. The summed E-state index contributed by atoms with van der Waals surface area (Å²) < 4.78 is 0. The highest BCUT2D eigenvalue weighted by Gasteiger charge is 2.34. The molecule has 0 aromatic rings. The molecule has 0 saturated carbocycles. The van der Waals surface area contributed by atoms with Gasteiger partial charge in [-0.05, 0) is 36.3 Å². The number of rotatable bonds is 2. The second-order valence-corrected chi connectivity index (χ2v) is 4.89. The molecule has 14 heavy (non-hydrogen) atoms. The van der Waals surface area contributed by atoms with Crippen molar-refractivity contribution < 1.29 is 0 Å². The molecule has 1 nitrogen and oxygen atoms in total. The first-order valence-corrected chi connectivity index (χ1v) is 5.20. The number of nitrogens with two attached hydrogens (primary N) is 1. The zero-order valence-corrected chi connectivity index (χ0v) is 9.72. The standard InChI is InChI=1S/C13H21N/c1-6-7-11(14)12-9(2)8-13(4,5)10(12)3/h6-7,9H,1,8,14H2,2-5H3/b11-7+. The van der Waals surface area contributed by atoms with Crippen molar-refractivity contribution in [2.24, 2.45) is 17.1 Å². The Morgan fingerprint density at radius 1 is 1.57 bits per heavy atom. The van der Waals surface area contributed by atoms with Gasteiger partial charge in [0, 0.05) is 5.70 Å². The monoisotopic (exact) mass is 191 g/mol. The van der Waals surface area contributed by atoms with E-state index < -0.39 is 0 Å². The minimum absolute atomic E-state index is 0.300. The third-order valence-corrected chi connectivity index (χ3v) is 3.34. The van der Waals surface area contributed by atoms with E-state index in [1.807, 2.05) is 6.08 Å². The molecule has 78 valence electrons. The topological polar surface area (TPSA) is 26.0 Å². The number of allylic oxidation sites excluding steroid dienone is 4. The molecule has 0 amide bonds. The molecule has 1 aliphatic carbocycles. The van der Waals surface area contributed by atoms with Crippen molar-refractivity contribution in [3.05, 3.63) is 35.6 Å². The van der Waals surface area contributed by atoms with Gasteiger partial charge in [0.25, 0.3) is 0 Å². The van der Waals surface area contributed by atoms with E-state index in [4.69, 9.17) is 5.73 Å². The van der Waals surface area contributed by atoms with Crippen molar-refractivity contribution in [2.75, 3.05) is 0 Å². The molecule has 0 aliphatic heterocycles. The van der Waals surface area contributed by atoms with Gasteiger partial charge in [0.05, 0.1) is 0 Å². The van der Waals surface area contributed by atoms with Gasteiger partial charge in [-0.1, -0.05) is 39.0 Å². The Morgan fingerprint density at radius 2 is 2.14 bits per heavy atom. The van der Waals surface area contributed by atoms with Crippen molar-refractivity contribution in [3.63, 3.8) is 0 Å². The normalized spacial score (nSPS) is 26.9. The predicted octanol–water partition coefficient (Wildman–Crippen LogP) is 3.40. The van der Waals surface area contributed by atoms with Crippen molar-refractivity contribution in [1.29, 1.82) is 0 Å². The van der Waals surface area contributed by atoms with Crippen molar-refractivity contribution in [1.82, 2.24) is 0 Å². The van der Waals surface area contributed by atoms with Gasteiger partial charge >= 0.3 is 0 Å². The van der Waals surface area contributed by atoms with E-state index in [0.29, 0.717) is 11.3 Å². The molecule has 1 heteroatoms. The molecule has 0 spiro atoms. The Morgan fingerprint density at radius 3 is 2.50 bits per heavy atom. The molecular formula is C13H21N. The molecule has 1 aliphatic rings. The van der Waals surface area contributed by atoms with Gasteiger partial charge in [0.15, 0.2) is 0 Å². The summed E-state index contributed by atoms with van der Waals surface area (Å²) in [6.07, 6.45) is 4.85. The summed E-state index contributed by atoms with van der Waals surface area (Å²) in [4.78, 5) is 0. The fraction of sp³-hybridized carbons (Fsp3) is 0.538. The van der Waals surface area contributed by atoms with Gasteiger partial charge in [-0.2, -0.15) is 0 Å². The average molecular weight is 191 g/mol. The molecule has 1 unspecified atom stereocenters. The van der Waals surface area contributed by atoms with Gasteiger partial charge in [0.1, 0.15) is 0 Å². The maximum Gasteiger partial charge on any atom is 0.0348 e. The molecule has 0 saturated heterocycles. The second-order valence-electron chi connectivity index (χ2n) is 4.89. The highest BCUT2D eigenvalue weighted by molar-refractivity contribution is 5.42. The van der Waals surface area contributed by atoms with Crippen LogP contribution in [0, 0.1) is 11.3 Å². The maximum atomic E-state index is 6.02. The Bertz CT molecular complexity index is 305. The molecule has 0 aromatic heterocycles. The fourth-order valence-corrected chi connectivity index (χ4v) is 2.47. The van der Waals surface area contributed by atoms with Crippen LogP contribution in [0.25, 0.3) is 0 Å². The first-order valence-electron chi connectivity index (χ1n) is 5.20. The van der Waals surface area contributed by atoms with Crippen LogP contribution in [0.2, 0.25) is 0 Å². The van der Waals surface area contributed by atoms with Crippen LogP contribution >= 0.6 is 0 Å². The number of hydrogen-bond donors (Lipinski definition) is 1. The van der Waals surface area contributed by atoms with Crippen LogP contribution in [0.5, 0.6) is 0 Å². The molecule has 2 N–H and O–H groups in total. The van der Waals surface area contributed by atoms with E-state index >= 15 is 0 Å². The largest absolute Gasteiger partial charge is 0.398 e. The lowest BCUT2D eigenvalue weighted by molar-refractivity contribution is 0.401. The maximum absolute atomic E-state index is 6.02. The smallest absolute Gasteiger partial charge is 0.0348 e. The highest BCUT2D eigenvalue weighted by Crippen LogP contribution is 2.46. The Kier molecular flexibility index (Phi) is 2.89. The van der Waals surface area contributed by atoms with E-state index in [1.54, 1.807) is 6.08 Å².